The van der Waals surface area contributed by atoms with Crippen molar-refractivity contribution in [2.45, 2.75) is 32.0 Å². The maximum atomic E-state index is 10.6. The number of carbonyl (C=O) groups is 1. The molecule has 2 unspecified atom stereocenters. The summed E-state index contributed by atoms with van der Waals surface area (Å²) in [6.07, 6.45) is -1.60. The predicted octanol–water partition coefficient (Wildman–Crippen LogP) is 0.519. The number of nitrogens with two attached hydrogens (primary N) is 1. The highest BCUT2D eigenvalue weighted by atomic mass is 16.3. The lowest BCUT2D eigenvalue weighted by atomic mass is 9.99. The molecule has 0 radical (unpaired) electrons. The summed E-state index contributed by atoms with van der Waals surface area (Å²) in [7, 11) is 0. The number of aliphatic hydroxyl groups is 2. The lowest BCUT2D eigenvalue weighted by Crippen LogP contribution is -2.25. The molecule has 0 bridgehead atoms. The van der Waals surface area contributed by atoms with Crippen LogP contribution in [-0.4, -0.2) is 22.2 Å². The maximum absolute atomic E-state index is 10.6. The standard InChI is InChI=1S/C12H17NO3/c1-2-8-4-3-5-9(6-8)12(16)10(14)7-11(13)15/h3-6,10,12,14,16H,2,7H2,1H3,(H2,13,15). The van der Waals surface area contributed by atoms with Crippen LogP contribution in [-0.2, 0) is 11.2 Å². The molecule has 0 saturated heterocycles. The Morgan fingerprint density at radius 1 is 1.44 bits per heavy atom. The van der Waals surface area contributed by atoms with Gasteiger partial charge in [0.25, 0.3) is 0 Å². The van der Waals surface area contributed by atoms with E-state index in [1.165, 1.54) is 0 Å². The number of amides is 1. The van der Waals surface area contributed by atoms with Crippen molar-refractivity contribution in [1.82, 2.24) is 0 Å². The summed E-state index contributed by atoms with van der Waals surface area (Å²) in [5.41, 5.74) is 6.63. The summed E-state index contributed by atoms with van der Waals surface area (Å²) in [6.45, 7) is 2.01. The molecule has 1 aromatic rings. The molecule has 0 aromatic heterocycles. The zero-order valence-electron chi connectivity index (χ0n) is 9.26. The van der Waals surface area contributed by atoms with Crippen molar-refractivity contribution >= 4 is 5.91 Å². The first-order valence-corrected chi connectivity index (χ1v) is 5.28. The Kier molecular flexibility index (Phi) is 4.46. The van der Waals surface area contributed by atoms with Crippen molar-refractivity contribution in [3.63, 3.8) is 0 Å². The lowest BCUT2D eigenvalue weighted by Gasteiger charge is -2.17. The summed E-state index contributed by atoms with van der Waals surface area (Å²) in [5.74, 6) is -0.627. The Bertz CT molecular complexity index is 365. The maximum Gasteiger partial charge on any atom is 0.220 e. The molecule has 0 fully saturated rings. The Hall–Kier alpha value is -1.39. The van der Waals surface area contributed by atoms with E-state index < -0.39 is 18.1 Å². The van der Waals surface area contributed by atoms with E-state index in [-0.39, 0.29) is 6.42 Å². The van der Waals surface area contributed by atoms with Gasteiger partial charge in [-0.2, -0.15) is 0 Å². The van der Waals surface area contributed by atoms with Gasteiger partial charge in [0, 0.05) is 0 Å². The molecule has 0 aliphatic carbocycles. The first-order valence-electron chi connectivity index (χ1n) is 5.28. The van der Waals surface area contributed by atoms with E-state index >= 15 is 0 Å². The number of rotatable bonds is 5. The summed E-state index contributed by atoms with van der Waals surface area (Å²) >= 11 is 0. The normalized spacial score (nSPS) is 14.4. The van der Waals surface area contributed by atoms with Gasteiger partial charge < -0.3 is 15.9 Å². The molecule has 2 atom stereocenters. The minimum atomic E-state index is -1.15. The number of aliphatic hydroxyl groups excluding tert-OH is 2. The number of carbonyl (C=O) groups excluding carboxylic acids is 1. The van der Waals surface area contributed by atoms with Crippen LogP contribution in [0.2, 0.25) is 0 Å². The highest BCUT2D eigenvalue weighted by Gasteiger charge is 2.20. The Morgan fingerprint density at radius 2 is 2.12 bits per heavy atom. The molecule has 16 heavy (non-hydrogen) atoms. The van der Waals surface area contributed by atoms with Crippen LogP contribution in [0.25, 0.3) is 0 Å². The molecule has 1 aromatic carbocycles. The predicted molar refractivity (Wildman–Crippen MR) is 60.6 cm³/mol. The van der Waals surface area contributed by atoms with Crippen molar-refractivity contribution in [1.29, 1.82) is 0 Å². The Morgan fingerprint density at radius 3 is 2.69 bits per heavy atom. The molecule has 4 heteroatoms. The number of primary amides is 1. The van der Waals surface area contributed by atoms with Crippen LogP contribution >= 0.6 is 0 Å². The molecule has 0 spiro atoms. The quantitative estimate of drug-likeness (QED) is 0.680. The van der Waals surface area contributed by atoms with Crippen LogP contribution < -0.4 is 5.73 Å². The molecule has 1 amide bonds. The van der Waals surface area contributed by atoms with E-state index in [9.17, 15) is 15.0 Å². The van der Waals surface area contributed by atoms with E-state index in [2.05, 4.69) is 0 Å². The fourth-order valence-electron chi connectivity index (χ4n) is 1.54. The van der Waals surface area contributed by atoms with Crippen molar-refractivity contribution in [2.24, 2.45) is 5.73 Å². The van der Waals surface area contributed by atoms with Gasteiger partial charge in [-0.05, 0) is 17.5 Å². The highest BCUT2D eigenvalue weighted by Crippen LogP contribution is 2.20. The lowest BCUT2D eigenvalue weighted by molar-refractivity contribution is -0.121. The van der Waals surface area contributed by atoms with E-state index in [1.54, 1.807) is 6.07 Å². The molecule has 4 N–H and O–H groups in total. The van der Waals surface area contributed by atoms with Gasteiger partial charge in [-0.3, -0.25) is 4.79 Å². The van der Waals surface area contributed by atoms with Gasteiger partial charge >= 0.3 is 0 Å². The van der Waals surface area contributed by atoms with Crippen LogP contribution in [0.5, 0.6) is 0 Å². The van der Waals surface area contributed by atoms with E-state index in [0.29, 0.717) is 5.56 Å². The van der Waals surface area contributed by atoms with Crippen molar-refractivity contribution in [3.8, 4) is 0 Å². The van der Waals surface area contributed by atoms with Gasteiger partial charge in [-0.15, -0.1) is 0 Å². The third kappa shape index (κ3) is 3.32. The number of benzene rings is 1. The zero-order chi connectivity index (χ0) is 12.1. The van der Waals surface area contributed by atoms with Gasteiger partial charge in [0.2, 0.25) is 5.91 Å². The first-order chi connectivity index (χ1) is 7.54. The van der Waals surface area contributed by atoms with Crippen LogP contribution in [0.3, 0.4) is 0 Å². The minimum absolute atomic E-state index is 0.239. The molecule has 0 aliphatic rings. The van der Waals surface area contributed by atoms with Crippen LogP contribution in [0.15, 0.2) is 24.3 Å². The van der Waals surface area contributed by atoms with Gasteiger partial charge in [0.05, 0.1) is 12.5 Å². The van der Waals surface area contributed by atoms with Gasteiger partial charge in [0.1, 0.15) is 6.10 Å². The van der Waals surface area contributed by atoms with Crippen molar-refractivity contribution < 1.29 is 15.0 Å². The Labute approximate surface area is 94.7 Å². The van der Waals surface area contributed by atoms with E-state index in [0.717, 1.165) is 12.0 Å². The second-order valence-electron chi connectivity index (χ2n) is 3.78. The third-order valence-electron chi connectivity index (χ3n) is 2.48. The molecule has 0 heterocycles. The summed E-state index contributed by atoms with van der Waals surface area (Å²) in [6, 6.07) is 7.29. The second-order valence-corrected chi connectivity index (χ2v) is 3.78. The third-order valence-corrected chi connectivity index (χ3v) is 2.48. The van der Waals surface area contributed by atoms with E-state index in [4.69, 9.17) is 5.73 Å². The average Bonchev–Trinajstić information content (AvgIpc) is 2.27. The number of aryl methyl sites for hydroxylation is 1. The second kappa shape index (κ2) is 5.63. The summed E-state index contributed by atoms with van der Waals surface area (Å²) in [5, 5.41) is 19.4. The fourth-order valence-corrected chi connectivity index (χ4v) is 1.54. The molecule has 0 saturated carbocycles. The molecule has 0 aliphatic heterocycles. The summed E-state index contributed by atoms with van der Waals surface area (Å²) < 4.78 is 0. The smallest absolute Gasteiger partial charge is 0.220 e. The van der Waals surface area contributed by atoms with Crippen LogP contribution in [0.1, 0.15) is 30.6 Å². The molecular weight excluding hydrogens is 206 g/mol. The monoisotopic (exact) mass is 223 g/mol. The molecule has 88 valence electrons. The SMILES string of the molecule is CCc1cccc(C(O)C(O)CC(N)=O)c1. The highest BCUT2D eigenvalue weighted by molar-refractivity contribution is 5.74. The topological polar surface area (TPSA) is 83.6 Å². The first kappa shape index (κ1) is 12.7. The minimum Gasteiger partial charge on any atom is -0.390 e. The molecule has 4 nitrogen and oxygen atoms in total. The zero-order valence-corrected chi connectivity index (χ0v) is 9.26. The van der Waals surface area contributed by atoms with Crippen molar-refractivity contribution in [3.05, 3.63) is 35.4 Å². The largest absolute Gasteiger partial charge is 0.390 e. The Balaban J connectivity index is 2.78. The molecular formula is C12H17NO3. The number of hydrogen-bond donors (Lipinski definition) is 3. The van der Waals surface area contributed by atoms with Gasteiger partial charge in [-0.25, -0.2) is 0 Å². The van der Waals surface area contributed by atoms with E-state index in [1.807, 2.05) is 25.1 Å². The average molecular weight is 223 g/mol. The van der Waals surface area contributed by atoms with Gasteiger partial charge in [0.15, 0.2) is 0 Å². The molecule has 1 rings (SSSR count). The van der Waals surface area contributed by atoms with Crippen LogP contribution in [0.4, 0.5) is 0 Å². The fraction of sp³-hybridized carbons (Fsp3) is 0.417. The van der Waals surface area contributed by atoms with Crippen molar-refractivity contribution in [2.75, 3.05) is 0 Å². The van der Waals surface area contributed by atoms with Crippen LogP contribution in [0, 0.1) is 0 Å². The number of hydrogen-bond acceptors (Lipinski definition) is 3. The van der Waals surface area contributed by atoms with Gasteiger partial charge in [-0.1, -0.05) is 31.2 Å². The summed E-state index contributed by atoms with van der Waals surface area (Å²) in [4.78, 5) is 10.6.